The van der Waals surface area contributed by atoms with Crippen molar-refractivity contribution < 1.29 is 41.8 Å². The van der Waals surface area contributed by atoms with Crippen LogP contribution in [0.5, 0.6) is 0 Å². The molecule has 0 saturated carbocycles. The fraction of sp³-hybridized carbons (Fsp3) is 0.391. The van der Waals surface area contributed by atoms with Gasteiger partial charge in [-0.05, 0) is 24.3 Å². The molecule has 0 radical (unpaired) electrons. The third kappa shape index (κ3) is 5.69. The van der Waals surface area contributed by atoms with Gasteiger partial charge in [0.05, 0.1) is 25.8 Å². The number of aliphatic hydroxyl groups is 1. The first-order valence-corrected chi connectivity index (χ1v) is 11.1. The third-order valence-electron chi connectivity index (χ3n) is 5.76. The number of alkyl halides is 2. The van der Waals surface area contributed by atoms with Gasteiger partial charge >= 0.3 is 6.43 Å². The first-order chi connectivity index (χ1) is 17.2. The Kier molecular flexibility index (Phi) is 7.91. The number of nitrogens with one attached hydrogen (secondary N) is 1. The van der Waals surface area contributed by atoms with Crippen molar-refractivity contribution in [3.8, 4) is 0 Å². The Hall–Kier alpha value is -3.42. The summed E-state index contributed by atoms with van der Waals surface area (Å²) in [5.74, 6) is -3.67. The number of carbonyl (C=O) groups excluding carboxylic acids is 2. The molecule has 2 saturated heterocycles. The molecule has 2 aliphatic rings. The Balaban J connectivity index is 1.42. The Morgan fingerprint density at radius 3 is 2.44 bits per heavy atom. The van der Waals surface area contributed by atoms with Crippen molar-refractivity contribution in [3.05, 3.63) is 59.7 Å². The van der Waals surface area contributed by atoms with Crippen LogP contribution >= 0.6 is 0 Å². The SMILES string of the molecule is O=C(NC[C@H]1CN(c2cc(F)c(N3CCON(C(=O)c4ccccc4)CC3)c(F)c2)C(O)O1)C(F)F. The average molecular weight is 512 g/mol. The van der Waals surface area contributed by atoms with E-state index >= 15 is 8.78 Å². The van der Waals surface area contributed by atoms with E-state index in [1.165, 1.54) is 4.90 Å². The van der Waals surface area contributed by atoms with Gasteiger partial charge in [-0.15, -0.1) is 0 Å². The molecule has 2 atom stereocenters. The van der Waals surface area contributed by atoms with E-state index in [1.54, 1.807) is 30.3 Å². The molecule has 1 unspecified atom stereocenters. The minimum atomic E-state index is -3.20. The van der Waals surface area contributed by atoms with E-state index in [0.29, 0.717) is 5.56 Å². The van der Waals surface area contributed by atoms with Crippen molar-refractivity contribution in [2.45, 2.75) is 18.9 Å². The van der Waals surface area contributed by atoms with E-state index in [9.17, 15) is 23.5 Å². The summed E-state index contributed by atoms with van der Waals surface area (Å²) in [6.07, 6.45) is -5.66. The third-order valence-corrected chi connectivity index (χ3v) is 5.76. The van der Waals surface area contributed by atoms with Crippen LogP contribution in [0.1, 0.15) is 10.4 Å². The number of benzene rings is 2. The highest BCUT2D eigenvalue weighted by molar-refractivity contribution is 5.93. The molecule has 4 rings (SSSR count). The van der Waals surface area contributed by atoms with Gasteiger partial charge < -0.3 is 25.0 Å². The van der Waals surface area contributed by atoms with E-state index in [2.05, 4.69) is 0 Å². The summed E-state index contributed by atoms with van der Waals surface area (Å²) in [6.45, 7) is -0.105. The molecule has 0 bridgehead atoms. The van der Waals surface area contributed by atoms with Crippen molar-refractivity contribution in [3.63, 3.8) is 0 Å². The topological polar surface area (TPSA) is 94.6 Å². The Morgan fingerprint density at radius 2 is 1.78 bits per heavy atom. The van der Waals surface area contributed by atoms with Crippen molar-refractivity contribution in [2.24, 2.45) is 0 Å². The molecule has 0 spiro atoms. The van der Waals surface area contributed by atoms with Gasteiger partial charge in [-0.3, -0.25) is 14.4 Å². The Bertz CT molecular complexity index is 1070. The molecule has 0 aliphatic carbocycles. The lowest BCUT2D eigenvalue weighted by Gasteiger charge is -2.26. The van der Waals surface area contributed by atoms with Crippen molar-refractivity contribution >= 4 is 23.2 Å². The quantitative estimate of drug-likeness (QED) is 0.570. The molecular weight excluding hydrogens is 488 g/mol. The number of hydroxylamine groups is 2. The zero-order chi connectivity index (χ0) is 25.8. The van der Waals surface area contributed by atoms with Crippen LogP contribution in [0.25, 0.3) is 0 Å². The number of hydrogen-bond donors (Lipinski definition) is 2. The zero-order valence-corrected chi connectivity index (χ0v) is 18.9. The first kappa shape index (κ1) is 25.7. The van der Waals surface area contributed by atoms with Crippen molar-refractivity contribution in [1.29, 1.82) is 0 Å². The monoisotopic (exact) mass is 512 g/mol. The molecule has 2 aliphatic heterocycles. The van der Waals surface area contributed by atoms with Gasteiger partial charge in [0.1, 0.15) is 5.69 Å². The van der Waals surface area contributed by atoms with Gasteiger partial charge in [0.25, 0.3) is 11.8 Å². The maximum Gasteiger partial charge on any atom is 0.315 e. The molecule has 194 valence electrons. The average Bonchev–Trinajstić information content (AvgIpc) is 3.06. The second-order valence-electron chi connectivity index (χ2n) is 8.13. The predicted octanol–water partition coefficient (Wildman–Crippen LogP) is 1.72. The molecule has 36 heavy (non-hydrogen) atoms. The summed E-state index contributed by atoms with van der Waals surface area (Å²) < 4.78 is 60.0. The molecule has 2 heterocycles. The number of aliphatic hydroxyl groups excluding tert-OH is 1. The van der Waals surface area contributed by atoms with Crippen molar-refractivity contribution in [2.75, 3.05) is 49.1 Å². The van der Waals surface area contributed by atoms with Gasteiger partial charge in [-0.1, -0.05) is 18.2 Å². The van der Waals surface area contributed by atoms with E-state index in [-0.39, 0.29) is 56.6 Å². The molecule has 13 heteroatoms. The highest BCUT2D eigenvalue weighted by atomic mass is 19.3. The van der Waals surface area contributed by atoms with Gasteiger partial charge in [0.2, 0.25) is 6.41 Å². The highest BCUT2D eigenvalue weighted by Crippen LogP contribution is 2.32. The highest BCUT2D eigenvalue weighted by Gasteiger charge is 2.34. The zero-order valence-electron chi connectivity index (χ0n) is 18.9. The van der Waals surface area contributed by atoms with Crippen LogP contribution in [0.15, 0.2) is 42.5 Å². The lowest BCUT2D eigenvalue weighted by atomic mass is 10.2. The summed E-state index contributed by atoms with van der Waals surface area (Å²) in [6, 6.07) is 10.5. The minimum absolute atomic E-state index is 0.0178. The summed E-state index contributed by atoms with van der Waals surface area (Å²) in [7, 11) is 0. The van der Waals surface area contributed by atoms with Gasteiger partial charge in [0.15, 0.2) is 11.6 Å². The van der Waals surface area contributed by atoms with Crippen LogP contribution in [-0.4, -0.2) is 80.3 Å². The molecule has 2 N–H and O–H groups in total. The van der Waals surface area contributed by atoms with Crippen LogP contribution in [0.2, 0.25) is 0 Å². The summed E-state index contributed by atoms with van der Waals surface area (Å²) in [4.78, 5) is 31.7. The van der Waals surface area contributed by atoms with E-state index in [4.69, 9.17) is 9.57 Å². The molecule has 0 aromatic heterocycles. The predicted molar refractivity (Wildman–Crippen MR) is 119 cm³/mol. The second kappa shape index (κ2) is 11.1. The number of amides is 2. The number of carbonyl (C=O) groups is 2. The fourth-order valence-corrected chi connectivity index (χ4v) is 4.01. The first-order valence-electron chi connectivity index (χ1n) is 11.1. The van der Waals surface area contributed by atoms with E-state index in [0.717, 1.165) is 22.1 Å². The number of hydrogen-bond acceptors (Lipinski definition) is 7. The van der Waals surface area contributed by atoms with Crippen LogP contribution in [-0.2, 0) is 14.4 Å². The molecular formula is C23H24F4N4O5. The number of halogens is 4. The summed E-state index contributed by atoms with van der Waals surface area (Å²) in [5, 5.41) is 13.3. The lowest BCUT2D eigenvalue weighted by Crippen LogP contribution is -2.37. The van der Waals surface area contributed by atoms with Crippen LogP contribution in [0.4, 0.5) is 28.9 Å². The number of nitrogens with zero attached hydrogens (tertiary/aromatic N) is 3. The van der Waals surface area contributed by atoms with Crippen LogP contribution < -0.4 is 15.1 Å². The Labute approximate surface area is 203 Å². The standard InChI is InChI=1S/C23H24F4N4O5/c24-17-10-15(30-13-16(36-23(30)34)12-28-21(32)20(26)27)11-18(25)19(17)29-6-7-31(35-9-8-29)22(33)14-4-2-1-3-5-14/h1-5,10-11,16,20,23,34H,6-9,12-13H2,(H,28,32)/t16-,23?/m0/s1. The molecule has 2 aromatic carbocycles. The molecule has 9 nitrogen and oxygen atoms in total. The molecule has 2 aromatic rings. The maximum atomic E-state index is 15.1. The normalized spacial score (nSPS) is 20.6. The van der Waals surface area contributed by atoms with E-state index in [1.807, 2.05) is 5.32 Å². The summed E-state index contributed by atoms with van der Waals surface area (Å²) in [5.41, 5.74) is 0.0775. The van der Waals surface area contributed by atoms with Crippen molar-refractivity contribution in [1.82, 2.24) is 10.4 Å². The largest absolute Gasteiger partial charge is 0.362 e. The Morgan fingerprint density at radius 1 is 1.08 bits per heavy atom. The maximum absolute atomic E-state index is 15.1. The minimum Gasteiger partial charge on any atom is -0.362 e. The van der Waals surface area contributed by atoms with Gasteiger partial charge in [-0.2, -0.15) is 8.78 Å². The van der Waals surface area contributed by atoms with Crippen LogP contribution in [0.3, 0.4) is 0 Å². The van der Waals surface area contributed by atoms with Crippen LogP contribution in [0, 0.1) is 11.6 Å². The fourth-order valence-electron chi connectivity index (χ4n) is 4.01. The molecule has 2 fully saturated rings. The smallest absolute Gasteiger partial charge is 0.315 e. The number of ether oxygens (including phenoxy) is 1. The van der Waals surface area contributed by atoms with E-state index < -0.39 is 36.5 Å². The van der Waals surface area contributed by atoms with Gasteiger partial charge in [0, 0.05) is 30.9 Å². The number of anilines is 2. The second-order valence-corrected chi connectivity index (χ2v) is 8.13. The lowest BCUT2D eigenvalue weighted by molar-refractivity contribution is -0.133. The summed E-state index contributed by atoms with van der Waals surface area (Å²) >= 11 is 0. The number of rotatable bonds is 6. The molecule has 2 amide bonds. The van der Waals surface area contributed by atoms with Gasteiger partial charge in [-0.25, -0.2) is 13.8 Å².